The first-order valence-corrected chi connectivity index (χ1v) is 3.25. The molecule has 0 aliphatic heterocycles. The summed E-state index contributed by atoms with van der Waals surface area (Å²) in [7, 11) is 0. The van der Waals surface area contributed by atoms with Crippen LogP contribution in [0.4, 0.5) is 18.9 Å². The van der Waals surface area contributed by atoms with Crippen LogP contribution in [0.3, 0.4) is 0 Å². The highest BCUT2D eigenvalue weighted by Crippen LogP contribution is 2.23. The maximum absolute atomic E-state index is 12.8. The zero-order chi connectivity index (χ0) is 9.84. The molecule has 1 rings (SSSR count). The van der Waals surface area contributed by atoms with Gasteiger partial charge < -0.3 is 4.74 Å². The predicted molar refractivity (Wildman–Crippen MR) is 39.3 cm³/mol. The molecule has 0 saturated heterocycles. The van der Waals surface area contributed by atoms with Crippen LogP contribution in [0.15, 0.2) is 18.2 Å². The number of halogens is 3. The lowest BCUT2D eigenvalue weighted by atomic mass is 10.3. The Labute approximate surface area is 72.4 Å². The Bertz CT molecular complexity index is 346. The van der Waals surface area contributed by atoms with Crippen LogP contribution in [0, 0.1) is 12.4 Å². The van der Waals surface area contributed by atoms with Crippen LogP contribution in [0.25, 0.3) is 4.85 Å². The van der Waals surface area contributed by atoms with Gasteiger partial charge in [0, 0.05) is 6.07 Å². The van der Waals surface area contributed by atoms with Crippen LogP contribution < -0.4 is 4.74 Å². The second-order valence-corrected chi connectivity index (χ2v) is 2.10. The normalized spacial score (nSPS) is 9.77. The van der Waals surface area contributed by atoms with E-state index in [1.165, 1.54) is 0 Å². The van der Waals surface area contributed by atoms with Crippen molar-refractivity contribution in [3.8, 4) is 5.75 Å². The fourth-order valence-corrected chi connectivity index (χ4v) is 0.754. The topological polar surface area (TPSA) is 13.6 Å². The molecule has 0 radical (unpaired) electrons. The van der Waals surface area contributed by atoms with Crippen LogP contribution in [-0.4, -0.2) is 6.61 Å². The van der Waals surface area contributed by atoms with Crippen LogP contribution in [0.5, 0.6) is 5.75 Å². The van der Waals surface area contributed by atoms with Gasteiger partial charge in [-0.2, -0.15) is 8.78 Å². The van der Waals surface area contributed by atoms with Gasteiger partial charge in [-0.3, -0.25) is 0 Å². The van der Waals surface area contributed by atoms with E-state index in [2.05, 4.69) is 9.58 Å². The second kappa shape index (κ2) is 3.81. The first kappa shape index (κ1) is 9.39. The van der Waals surface area contributed by atoms with Gasteiger partial charge in [-0.05, 0) is 12.1 Å². The van der Waals surface area contributed by atoms with Crippen molar-refractivity contribution >= 4 is 5.69 Å². The van der Waals surface area contributed by atoms with Gasteiger partial charge >= 0.3 is 6.61 Å². The van der Waals surface area contributed by atoms with Crippen molar-refractivity contribution in [3.63, 3.8) is 0 Å². The Morgan fingerprint density at radius 2 is 2.08 bits per heavy atom. The molecule has 68 valence electrons. The molecule has 0 spiro atoms. The van der Waals surface area contributed by atoms with E-state index in [1.807, 2.05) is 0 Å². The van der Waals surface area contributed by atoms with Crippen molar-refractivity contribution in [1.82, 2.24) is 0 Å². The molecule has 0 heterocycles. The Kier molecular flexibility index (Phi) is 2.75. The highest BCUT2D eigenvalue weighted by molar-refractivity contribution is 5.48. The monoisotopic (exact) mass is 187 g/mol. The Hall–Kier alpha value is -1.70. The standard InChI is InChI=1S/C8H4F3NO/c1-12-7-3-2-5(4-6(7)9)13-8(10)11/h2-4,8H. The summed E-state index contributed by atoms with van der Waals surface area (Å²) < 4.78 is 39.9. The second-order valence-electron chi connectivity index (χ2n) is 2.10. The summed E-state index contributed by atoms with van der Waals surface area (Å²) in [5, 5.41) is 0. The highest BCUT2D eigenvalue weighted by Gasteiger charge is 2.07. The molecule has 0 N–H and O–H groups in total. The van der Waals surface area contributed by atoms with Gasteiger partial charge in [-0.1, -0.05) is 0 Å². The molecular formula is C8H4F3NO. The van der Waals surface area contributed by atoms with Gasteiger partial charge in [0.15, 0.2) is 0 Å². The van der Waals surface area contributed by atoms with Crippen molar-refractivity contribution in [2.24, 2.45) is 0 Å². The van der Waals surface area contributed by atoms with Gasteiger partial charge in [0.05, 0.1) is 6.57 Å². The van der Waals surface area contributed by atoms with Crippen LogP contribution in [0.1, 0.15) is 0 Å². The lowest BCUT2D eigenvalue weighted by Gasteiger charge is -2.03. The molecule has 0 fully saturated rings. The van der Waals surface area contributed by atoms with E-state index in [9.17, 15) is 13.2 Å². The van der Waals surface area contributed by atoms with Crippen molar-refractivity contribution < 1.29 is 17.9 Å². The lowest BCUT2D eigenvalue weighted by molar-refractivity contribution is -0.0499. The van der Waals surface area contributed by atoms with E-state index in [4.69, 9.17) is 6.57 Å². The molecule has 13 heavy (non-hydrogen) atoms. The lowest BCUT2D eigenvalue weighted by Crippen LogP contribution is -2.01. The Balaban J connectivity index is 2.91. The molecule has 0 unspecified atom stereocenters. The molecule has 0 aliphatic rings. The molecule has 0 aliphatic carbocycles. The van der Waals surface area contributed by atoms with Crippen molar-refractivity contribution in [2.75, 3.05) is 0 Å². The maximum Gasteiger partial charge on any atom is 0.387 e. The first-order chi connectivity index (χ1) is 6.13. The number of nitrogens with zero attached hydrogens (tertiary/aromatic N) is 1. The molecule has 1 aromatic carbocycles. The quantitative estimate of drug-likeness (QED) is 0.649. The number of ether oxygens (including phenoxy) is 1. The van der Waals surface area contributed by atoms with E-state index < -0.39 is 12.4 Å². The summed E-state index contributed by atoms with van der Waals surface area (Å²) in [6, 6.07) is 2.95. The summed E-state index contributed by atoms with van der Waals surface area (Å²) in [4.78, 5) is 2.82. The summed E-state index contributed by atoms with van der Waals surface area (Å²) in [5.41, 5.74) is -0.221. The number of hydrogen-bond acceptors (Lipinski definition) is 1. The van der Waals surface area contributed by atoms with Gasteiger partial charge in [-0.15, -0.1) is 0 Å². The third-order valence-corrected chi connectivity index (χ3v) is 1.26. The van der Waals surface area contributed by atoms with Gasteiger partial charge in [0.2, 0.25) is 5.69 Å². The Morgan fingerprint density at radius 1 is 1.38 bits per heavy atom. The Morgan fingerprint density at radius 3 is 2.54 bits per heavy atom. The predicted octanol–water partition coefficient (Wildman–Crippen LogP) is 2.98. The molecule has 2 nitrogen and oxygen atoms in total. The molecule has 0 saturated carbocycles. The zero-order valence-corrected chi connectivity index (χ0v) is 6.30. The number of rotatable bonds is 2. The fourth-order valence-electron chi connectivity index (χ4n) is 0.754. The van der Waals surface area contributed by atoms with Crippen LogP contribution >= 0.6 is 0 Å². The van der Waals surface area contributed by atoms with Gasteiger partial charge in [0.1, 0.15) is 11.6 Å². The number of hydrogen-bond donors (Lipinski definition) is 0. The third-order valence-electron chi connectivity index (χ3n) is 1.26. The smallest absolute Gasteiger partial charge is 0.387 e. The van der Waals surface area contributed by atoms with Gasteiger partial charge in [0.25, 0.3) is 0 Å². The molecule has 0 atom stereocenters. The van der Waals surface area contributed by atoms with E-state index in [-0.39, 0.29) is 11.4 Å². The molecule has 1 aromatic rings. The van der Waals surface area contributed by atoms with Crippen molar-refractivity contribution in [2.45, 2.75) is 6.61 Å². The van der Waals surface area contributed by atoms with Crippen LogP contribution in [-0.2, 0) is 0 Å². The zero-order valence-electron chi connectivity index (χ0n) is 6.30. The number of alkyl halides is 2. The molecule has 0 aromatic heterocycles. The van der Waals surface area contributed by atoms with Crippen molar-refractivity contribution in [1.29, 1.82) is 0 Å². The molecule has 0 bridgehead atoms. The van der Waals surface area contributed by atoms with Crippen LogP contribution in [0.2, 0.25) is 0 Å². The molecule has 0 amide bonds. The van der Waals surface area contributed by atoms with E-state index >= 15 is 0 Å². The third kappa shape index (κ3) is 2.37. The minimum Gasteiger partial charge on any atom is -0.435 e. The molecule has 5 heteroatoms. The minimum absolute atomic E-state index is 0.221. The summed E-state index contributed by atoms with van der Waals surface area (Å²) >= 11 is 0. The maximum atomic E-state index is 12.8. The van der Waals surface area contributed by atoms with Gasteiger partial charge in [-0.25, -0.2) is 9.24 Å². The summed E-state index contributed by atoms with van der Waals surface area (Å²) in [6.07, 6.45) is 0. The van der Waals surface area contributed by atoms with E-state index in [0.29, 0.717) is 0 Å². The number of benzene rings is 1. The van der Waals surface area contributed by atoms with Crippen molar-refractivity contribution in [3.05, 3.63) is 35.4 Å². The van der Waals surface area contributed by atoms with E-state index in [1.54, 1.807) is 0 Å². The SMILES string of the molecule is [C-]#[N+]c1ccc(OC(F)F)cc1F. The average Bonchev–Trinajstić information content (AvgIpc) is 2.03. The molecular weight excluding hydrogens is 183 g/mol. The summed E-state index contributed by atoms with van der Waals surface area (Å²) in [6.45, 7) is 3.50. The highest BCUT2D eigenvalue weighted by atomic mass is 19.3. The van der Waals surface area contributed by atoms with E-state index in [0.717, 1.165) is 18.2 Å². The fraction of sp³-hybridized carbons (Fsp3) is 0.125. The largest absolute Gasteiger partial charge is 0.435 e. The minimum atomic E-state index is -2.99. The first-order valence-electron chi connectivity index (χ1n) is 3.25. The average molecular weight is 187 g/mol. The summed E-state index contributed by atoms with van der Waals surface area (Å²) in [5.74, 6) is -1.16.